The fraction of sp³-hybridized carbons (Fsp3) is 0.231. The summed E-state index contributed by atoms with van der Waals surface area (Å²) in [5.74, 6) is -1.09. The van der Waals surface area contributed by atoms with Gasteiger partial charge in [0.05, 0.1) is 3.79 Å². The molecule has 6 heteroatoms. The average molecular weight is 411 g/mol. The van der Waals surface area contributed by atoms with E-state index in [0.29, 0.717) is 12.0 Å². The van der Waals surface area contributed by atoms with Crippen molar-refractivity contribution >= 4 is 43.2 Å². The Bertz CT molecular complexity index is 546. The van der Waals surface area contributed by atoms with Gasteiger partial charge in [-0.3, -0.25) is 0 Å². The van der Waals surface area contributed by atoms with Gasteiger partial charge in [-0.15, -0.1) is 11.3 Å². The molecule has 0 amide bonds. The molecular formula is C13H11Br2F2NS. The second-order valence-corrected chi connectivity index (χ2v) is 7.35. The zero-order valence-electron chi connectivity index (χ0n) is 10.0. The molecule has 1 aromatic heterocycles. The minimum atomic E-state index is -0.543. The number of hydrogen-bond acceptors (Lipinski definition) is 2. The second-order valence-electron chi connectivity index (χ2n) is 4.09. The normalized spacial score (nSPS) is 12.7. The van der Waals surface area contributed by atoms with Crippen LogP contribution in [0, 0.1) is 11.6 Å². The topological polar surface area (TPSA) is 12.0 Å². The Morgan fingerprint density at radius 1 is 1.16 bits per heavy atom. The molecule has 1 nitrogen and oxygen atoms in total. The fourth-order valence-electron chi connectivity index (χ4n) is 1.84. The number of rotatable bonds is 4. The summed E-state index contributed by atoms with van der Waals surface area (Å²) in [5.41, 5.74) is 0.637. The molecule has 0 spiro atoms. The highest BCUT2D eigenvalue weighted by Crippen LogP contribution is 2.36. The minimum absolute atomic E-state index is 0.0220. The number of thiophene rings is 1. The van der Waals surface area contributed by atoms with Crippen molar-refractivity contribution in [1.82, 2.24) is 5.32 Å². The molecule has 102 valence electrons. The van der Waals surface area contributed by atoms with Gasteiger partial charge >= 0.3 is 0 Å². The number of hydrogen-bond donors (Lipinski definition) is 1. The van der Waals surface area contributed by atoms with Crippen LogP contribution in [0.25, 0.3) is 0 Å². The highest BCUT2D eigenvalue weighted by Gasteiger charge is 2.15. The van der Waals surface area contributed by atoms with E-state index in [1.807, 2.05) is 13.1 Å². The summed E-state index contributed by atoms with van der Waals surface area (Å²) < 4.78 is 28.4. The van der Waals surface area contributed by atoms with E-state index in [1.165, 1.54) is 12.1 Å². The summed E-state index contributed by atoms with van der Waals surface area (Å²) in [6, 6.07) is 5.65. The molecule has 0 fully saturated rings. The van der Waals surface area contributed by atoms with E-state index in [-0.39, 0.29) is 6.04 Å². The maximum atomic E-state index is 13.2. The summed E-state index contributed by atoms with van der Waals surface area (Å²) in [7, 11) is 1.84. The molecule has 0 radical (unpaired) electrons. The summed E-state index contributed by atoms with van der Waals surface area (Å²) >= 11 is 8.48. The number of likely N-dealkylation sites (N-methyl/N-ethyl adjacent to an activating group) is 1. The van der Waals surface area contributed by atoms with Crippen LogP contribution < -0.4 is 5.32 Å². The van der Waals surface area contributed by atoms with Crippen molar-refractivity contribution < 1.29 is 8.78 Å². The van der Waals surface area contributed by atoms with Crippen molar-refractivity contribution in [3.63, 3.8) is 0 Å². The zero-order chi connectivity index (χ0) is 14.0. The molecule has 0 aliphatic heterocycles. The summed E-state index contributed by atoms with van der Waals surface area (Å²) in [6.07, 6.45) is 0.532. The Balaban J connectivity index is 2.23. The quantitative estimate of drug-likeness (QED) is 0.743. The SMILES string of the molecule is CNC(Cc1cc(F)cc(F)c1)c1cc(Br)c(Br)s1. The lowest BCUT2D eigenvalue weighted by Crippen LogP contribution is -2.17. The van der Waals surface area contributed by atoms with Crippen molar-refractivity contribution in [3.8, 4) is 0 Å². The smallest absolute Gasteiger partial charge is 0.126 e. The first-order valence-electron chi connectivity index (χ1n) is 5.56. The van der Waals surface area contributed by atoms with Gasteiger partial charge in [-0.25, -0.2) is 8.78 Å². The molecule has 0 saturated heterocycles. The monoisotopic (exact) mass is 409 g/mol. The fourth-order valence-corrected chi connectivity index (χ4v) is 4.04. The Kier molecular flexibility index (Phi) is 5.11. The van der Waals surface area contributed by atoms with Crippen LogP contribution in [0.15, 0.2) is 32.5 Å². The standard InChI is InChI=1S/C13H11Br2F2NS/c1-18-11(12-6-10(14)13(15)19-12)4-7-2-8(16)5-9(17)3-7/h2-3,5-6,11,18H,4H2,1H3. The molecule has 1 atom stereocenters. The Hall–Kier alpha value is -0.300. The van der Waals surface area contributed by atoms with E-state index in [9.17, 15) is 8.78 Å². The van der Waals surface area contributed by atoms with Crippen molar-refractivity contribution in [3.05, 3.63) is 54.6 Å². The predicted octanol–water partition coefficient (Wildman–Crippen LogP) is 5.05. The second kappa shape index (κ2) is 6.43. The van der Waals surface area contributed by atoms with E-state index in [2.05, 4.69) is 37.2 Å². The van der Waals surface area contributed by atoms with E-state index in [1.54, 1.807) is 11.3 Å². The van der Waals surface area contributed by atoms with Gasteiger partial charge < -0.3 is 5.32 Å². The van der Waals surface area contributed by atoms with Gasteiger partial charge in [-0.1, -0.05) is 0 Å². The first-order chi connectivity index (χ1) is 8.99. The van der Waals surface area contributed by atoms with Crippen LogP contribution in [0.1, 0.15) is 16.5 Å². The van der Waals surface area contributed by atoms with Crippen LogP contribution in [0.3, 0.4) is 0 Å². The molecule has 1 N–H and O–H groups in total. The average Bonchev–Trinajstić information content (AvgIpc) is 2.65. The van der Waals surface area contributed by atoms with Gasteiger partial charge in [0.25, 0.3) is 0 Å². The lowest BCUT2D eigenvalue weighted by Gasteiger charge is -2.14. The van der Waals surface area contributed by atoms with Crippen LogP contribution in [0.4, 0.5) is 8.78 Å². The van der Waals surface area contributed by atoms with E-state index in [4.69, 9.17) is 0 Å². The number of benzene rings is 1. The van der Waals surface area contributed by atoms with E-state index < -0.39 is 11.6 Å². The third-order valence-electron chi connectivity index (χ3n) is 2.72. The van der Waals surface area contributed by atoms with Gasteiger partial charge in [-0.2, -0.15) is 0 Å². The third kappa shape index (κ3) is 3.84. The van der Waals surface area contributed by atoms with Gasteiger partial charge in [-0.05, 0) is 69.1 Å². The zero-order valence-corrected chi connectivity index (χ0v) is 14.0. The summed E-state index contributed by atoms with van der Waals surface area (Å²) in [5, 5.41) is 3.17. The van der Waals surface area contributed by atoms with Crippen molar-refractivity contribution in [2.45, 2.75) is 12.5 Å². The molecule has 2 aromatic rings. The van der Waals surface area contributed by atoms with Crippen molar-refractivity contribution in [2.24, 2.45) is 0 Å². The number of nitrogens with one attached hydrogen (secondary N) is 1. The van der Waals surface area contributed by atoms with Crippen molar-refractivity contribution in [2.75, 3.05) is 7.05 Å². The molecular weight excluding hydrogens is 400 g/mol. The van der Waals surface area contributed by atoms with Gasteiger partial charge in [0, 0.05) is 21.5 Å². The highest BCUT2D eigenvalue weighted by molar-refractivity contribution is 9.13. The molecule has 1 aromatic carbocycles. The first kappa shape index (κ1) is 15.1. The molecule has 0 bridgehead atoms. The Morgan fingerprint density at radius 3 is 2.26 bits per heavy atom. The lowest BCUT2D eigenvalue weighted by molar-refractivity contribution is 0.565. The maximum Gasteiger partial charge on any atom is 0.126 e. The van der Waals surface area contributed by atoms with Gasteiger partial charge in [0.2, 0.25) is 0 Å². The molecule has 0 aliphatic rings. The first-order valence-corrected chi connectivity index (χ1v) is 7.97. The largest absolute Gasteiger partial charge is 0.312 e. The van der Waals surface area contributed by atoms with E-state index >= 15 is 0 Å². The Labute approximate surface area is 131 Å². The van der Waals surface area contributed by atoms with Crippen molar-refractivity contribution in [1.29, 1.82) is 0 Å². The molecule has 1 heterocycles. The maximum absolute atomic E-state index is 13.2. The predicted molar refractivity (Wildman–Crippen MR) is 81.6 cm³/mol. The molecule has 0 aliphatic carbocycles. The van der Waals surface area contributed by atoms with Crippen LogP contribution in [-0.4, -0.2) is 7.05 Å². The van der Waals surface area contributed by atoms with Gasteiger partial charge in [0.1, 0.15) is 11.6 Å². The molecule has 1 unspecified atom stereocenters. The number of halogens is 4. The van der Waals surface area contributed by atoms with E-state index in [0.717, 1.165) is 19.2 Å². The van der Waals surface area contributed by atoms with Crippen LogP contribution >= 0.6 is 43.2 Å². The third-order valence-corrected chi connectivity index (χ3v) is 6.09. The molecule has 19 heavy (non-hydrogen) atoms. The highest BCUT2D eigenvalue weighted by atomic mass is 79.9. The van der Waals surface area contributed by atoms with Crippen LogP contribution in [-0.2, 0) is 6.42 Å². The van der Waals surface area contributed by atoms with Crippen LogP contribution in [0.2, 0.25) is 0 Å². The Morgan fingerprint density at radius 2 is 1.79 bits per heavy atom. The molecule has 2 rings (SSSR count). The summed E-state index contributed by atoms with van der Waals surface area (Å²) in [4.78, 5) is 1.10. The lowest BCUT2D eigenvalue weighted by atomic mass is 10.0. The summed E-state index contributed by atoms with van der Waals surface area (Å²) in [6.45, 7) is 0. The van der Waals surface area contributed by atoms with Gasteiger partial charge in [0.15, 0.2) is 0 Å². The minimum Gasteiger partial charge on any atom is -0.312 e. The van der Waals surface area contributed by atoms with Crippen LogP contribution in [0.5, 0.6) is 0 Å². The molecule has 0 saturated carbocycles.